The Kier molecular flexibility index (Phi) is 4.78. The van der Waals surface area contributed by atoms with Gasteiger partial charge in [0.1, 0.15) is 34.2 Å². The lowest BCUT2D eigenvalue weighted by atomic mass is 10.1. The summed E-state index contributed by atoms with van der Waals surface area (Å²) in [6, 6.07) is 24.6. The number of allylic oxidation sites excluding steroid dienone is 2. The minimum Gasteiger partial charge on any atom is -0.327 e. The van der Waals surface area contributed by atoms with Gasteiger partial charge in [-0.05, 0) is 13.8 Å². The maximum Gasteiger partial charge on any atom is 0.164 e. The molecule has 0 saturated carbocycles. The van der Waals surface area contributed by atoms with Crippen molar-refractivity contribution in [1.29, 1.82) is 0 Å². The van der Waals surface area contributed by atoms with Crippen LogP contribution in [0.25, 0.3) is 32.3 Å². The zero-order chi connectivity index (χ0) is 26.8. The van der Waals surface area contributed by atoms with Gasteiger partial charge in [0.05, 0.1) is 0 Å². The van der Waals surface area contributed by atoms with Crippen molar-refractivity contribution in [3.05, 3.63) is 107 Å². The van der Waals surface area contributed by atoms with Crippen LogP contribution < -0.4 is 16.3 Å². The van der Waals surface area contributed by atoms with Gasteiger partial charge in [0.15, 0.2) is 11.7 Å². The minimum absolute atomic E-state index is 0.613. The molecule has 8 bridgehead atoms. The first-order valence-electron chi connectivity index (χ1n) is 13.3. The van der Waals surface area contributed by atoms with Crippen LogP contribution in [0, 0.1) is 0 Å². The summed E-state index contributed by atoms with van der Waals surface area (Å²) < 4.78 is 0. The quantitative estimate of drug-likeness (QED) is 0.174. The van der Waals surface area contributed by atoms with E-state index in [1.165, 1.54) is 0 Å². The fraction of sp³-hybridized carbons (Fsp3) is 0.0625. The highest BCUT2D eigenvalue weighted by Gasteiger charge is 2.25. The molecule has 0 aliphatic carbocycles. The van der Waals surface area contributed by atoms with Crippen molar-refractivity contribution < 1.29 is 0 Å². The van der Waals surface area contributed by atoms with Gasteiger partial charge in [-0.2, -0.15) is 0 Å². The third-order valence-corrected chi connectivity index (χ3v) is 7.53. The first kappa shape index (κ1) is 22.5. The Labute approximate surface area is 228 Å². The van der Waals surface area contributed by atoms with Gasteiger partial charge < -0.3 is 20.3 Å². The second kappa shape index (κ2) is 8.51. The monoisotopic (exact) mass is 520 g/mol. The molecular weight excluding hydrogens is 496 g/mol. The largest absolute Gasteiger partial charge is 0.327 e. The van der Waals surface area contributed by atoms with E-state index in [0.717, 1.165) is 72.2 Å². The standard InChI is InChI=1S/C32H24N8/c1-3-17-18(4-2)26-33-25(17)34-27-19-11-5-7-13-21(19)29(36-27)38-31-23-15-9-10-16-24(23)32(40-31)39-30-22-14-8-6-12-20(22)28(35-26)37-30/h3-16,36,38,40H,1-2H3,(H,33,34,35,37,39)/b17-3+,18-4?. The maximum atomic E-state index is 5.09. The molecule has 2 aliphatic rings. The van der Waals surface area contributed by atoms with Gasteiger partial charge in [0, 0.05) is 43.5 Å². The second-order valence-electron chi connectivity index (χ2n) is 9.78. The highest BCUT2D eigenvalue weighted by molar-refractivity contribution is 6.26. The summed E-state index contributed by atoms with van der Waals surface area (Å²) in [4.78, 5) is 30.6. The average molecular weight is 521 g/mol. The molecule has 3 aromatic carbocycles. The number of anilines is 2. The first-order valence-corrected chi connectivity index (χ1v) is 13.3. The molecule has 192 valence electrons. The Balaban J connectivity index is 1.52. The molecule has 0 unspecified atom stereocenters. The molecule has 4 N–H and O–H groups in total. The fourth-order valence-electron chi connectivity index (χ4n) is 5.66. The molecule has 0 amide bonds. The number of benzene rings is 3. The lowest BCUT2D eigenvalue weighted by Crippen LogP contribution is -2.13. The van der Waals surface area contributed by atoms with Gasteiger partial charge in [-0.15, -0.1) is 0 Å². The number of aromatic amines is 3. The zero-order valence-corrected chi connectivity index (χ0v) is 21.9. The van der Waals surface area contributed by atoms with Gasteiger partial charge in [-0.1, -0.05) is 84.9 Å². The molecule has 5 heterocycles. The number of hydrogen-bond acceptors (Lipinski definition) is 5. The van der Waals surface area contributed by atoms with Crippen LogP contribution in [-0.4, -0.2) is 26.6 Å². The van der Waals surface area contributed by atoms with E-state index in [9.17, 15) is 0 Å². The number of aromatic nitrogens is 3. The van der Waals surface area contributed by atoms with E-state index < -0.39 is 0 Å². The molecule has 3 aromatic heterocycles. The molecule has 8 rings (SSSR count). The molecule has 0 radical (unpaired) electrons. The Hall–Kier alpha value is -5.50. The van der Waals surface area contributed by atoms with Crippen molar-refractivity contribution in [2.45, 2.75) is 13.8 Å². The predicted octanol–water partition coefficient (Wildman–Crippen LogP) is 6.79. The van der Waals surface area contributed by atoms with Crippen molar-refractivity contribution >= 4 is 67.3 Å². The van der Waals surface area contributed by atoms with Crippen LogP contribution in [0.1, 0.15) is 13.8 Å². The highest BCUT2D eigenvalue weighted by atomic mass is 15.1. The van der Waals surface area contributed by atoms with E-state index >= 15 is 0 Å². The number of amidine groups is 2. The highest BCUT2D eigenvalue weighted by Crippen LogP contribution is 2.38. The predicted molar refractivity (Wildman–Crippen MR) is 162 cm³/mol. The topological polar surface area (TPSA) is 109 Å². The van der Waals surface area contributed by atoms with Crippen LogP contribution in [0.4, 0.5) is 23.3 Å². The van der Waals surface area contributed by atoms with E-state index in [-0.39, 0.29) is 0 Å². The van der Waals surface area contributed by atoms with Crippen LogP contribution in [0.3, 0.4) is 0 Å². The first-order chi connectivity index (χ1) is 19.7. The SMILES string of the molecule is CC=C1C2=NC(=Nc3[nH]c(c4ccccc34)Nc3[nH]c(c4ccccc34)N=c3[nH]c(c4ccccc34)=N2)/C1=C/C. The number of rotatable bonds is 0. The molecule has 0 spiro atoms. The van der Waals surface area contributed by atoms with Crippen molar-refractivity contribution in [3.8, 4) is 0 Å². The Morgan fingerprint density at radius 2 is 0.925 bits per heavy atom. The van der Waals surface area contributed by atoms with Crippen LogP contribution in [0.15, 0.2) is 116 Å². The van der Waals surface area contributed by atoms with Gasteiger partial charge >= 0.3 is 0 Å². The van der Waals surface area contributed by atoms with Crippen molar-refractivity contribution in [1.82, 2.24) is 15.0 Å². The summed E-state index contributed by atoms with van der Waals surface area (Å²) in [5.74, 6) is 4.40. The molecule has 8 nitrogen and oxygen atoms in total. The summed E-state index contributed by atoms with van der Waals surface area (Å²) in [7, 11) is 0. The number of nitrogens with zero attached hydrogens (tertiary/aromatic N) is 4. The molecule has 40 heavy (non-hydrogen) atoms. The third-order valence-electron chi connectivity index (χ3n) is 7.53. The summed E-state index contributed by atoms with van der Waals surface area (Å²) in [6.45, 7) is 4.01. The Morgan fingerprint density at radius 3 is 1.48 bits per heavy atom. The molecule has 6 aromatic rings. The Morgan fingerprint density at radius 1 is 0.475 bits per heavy atom. The number of aliphatic imine (C=N–C) groups is 2. The number of nitrogens with one attached hydrogen (secondary N) is 4. The summed E-state index contributed by atoms with van der Waals surface area (Å²) in [5, 5.41) is 9.65. The number of hydrogen-bond donors (Lipinski definition) is 4. The summed E-state index contributed by atoms with van der Waals surface area (Å²) >= 11 is 0. The number of fused-ring (bicyclic) bond motifs is 16. The molecular formula is C32H24N8. The van der Waals surface area contributed by atoms with E-state index in [1.807, 2.05) is 62.4 Å². The lowest BCUT2D eigenvalue weighted by Gasteiger charge is -2.03. The van der Waals surface area contributed by atoms with E-state index in [1.54, 1.807) is 0 Å². The van der Waals surface area contributed by atoms with Gasteiger partial charge in [0.25, 0.3) is 0 Å². The van der Waals surface area contributed by atoms with Gasteiger partial charge in [-0.25, -0.2) is 20.0 Å². The van der Waals surface area contributed by atoms with Gasteiger partial charge in [0.2, 0.25) is 0 Å². The summed E-state index contributed by atoms with van der Waals surface area (Å²) in [5.41, 5.74) is 3.32. The molecule has 2 aliphatic heterocycles. The molecule has 0 saturated heterocycles. The van der Waals surface area contributed by atoms with Crippen molar-refractivity contribution in [2.75, 3.05) is 5.32 Å². The van der Waals surface area contributed by atoms with E-state index in [0.29, 0.717) is 17.2 Å². The van der Waals surface area contributed by atoms with Crippen molar-refractivity contribution in [2.24, 2.45) is 20.0 Å². The lowest BCUT2D eigenvalue weighted by molar-refractivity contribution is 1.13. The second-order valence-corrected chi connectivity index (χ2v) is 9.78. The molecule has 0 atom stereocenters. The van der Waals surface area contributed by atoms with Crippen LogP contribution in [-0.2, 0) is 0 Å². The van der Waals surface area contributed by atoms with Crippen LogP contribution >= 0.6 is 0 Å². The smallest absolute Gasteiger partial charge is 0.164 e. The fourth-order valence-corrected chi connectivity index (χ4v) is 5.66. The van der Waals surface area contributed by atoms with E-state index in [4.69, 9.17) is 20.0 Å². The van der Waals surface area contributed by atoms with Gasteiger partial charge in [-0.3, -0.25) is 0 Å². The normalized spacial score (nSPS) is 16.8. The summed E-state index contributed by atoms with van der Waals surface area (Å²) in [6.07, 6.45) is 4.08. The van der Waals surface area contributed by atoms with Crippen molar-refractivity contribution in [3.63, 3.8) is 0 Å². The maximum absolute atomic E-state index is 5.09. The zero-order valence-electron chi connectivity index (χ0n) is 21.9. The third kappa shape index (κ3) is 3.26. The molecule has 0 fully saturated rings. The minimum atomic E-state index is 0.613. The molecule has 8 heteroatoms. The van der Waals surface area contributed by atoms with Crippen LogP contribution in [0.2, 0.25) is 0 Å². The number of H-pyrrole nitrogens is 3. The van der Waals surface area contributed by atoms with E-state index in [2.05, 4.69) is 56.7 Å². The van der Waals surface area contributed by atoms with Crippen LogP contribution in [0.5, 0.6) is 0 Å². The average Bonchev–Trinajstić information content (AvgIpc) is 3.71. The Bertz CT molecular complexity index is 2270.